The van der Waals surface area contributed by atoms with Crippen LogP contribution in [0.3, 0.4) is 0 Å². The number of hydrogen-bond donors (Lipinski definition) is 0. The van der Waals surface area contributed by atoms with Gasteiger partial charge in [0.15, 0.2) is 6.79 Å². The predicted molar refractivity (Wildman–Crippen MR) is 102 cm³/mol. The van der Waals surface area contributed by atoms with E-state index in [0.717, 1.165) is 35.3 Å². The molecule has 0 atom stereocenters. The van der Waals surface area contributed by atoms with Gasteiger partial charge in [-0.1, -0.05) is 42.5 Å². The van der Waals surface area contributed by atoms with E-state index < -0.39 is 0 Å². The maximum Gasteiger partial charge on any atom is 0.339 e. The van der Waals surface area contributed by atoms with Crippen molar-refractivity contribution >= 4 is 17.1 Å². The summed E-state index contributed by atoms with van der Waals surface area (Å²) in [5, 5.41) is 0. The van der Waals surface area contributed by atoms with Crippen LogP contribution in [0, 0.1) is 5.92 Å². The van der Waals surface area contributed by atoms with Gasteiger partial charge in [0.2, 0.25) is 0 Å². The average Bonchev–Trinajstić information content (AvgIpc) is 3.50. The van der Waals surface area contributed by atoms with E-state index in [1.165, 1.54) is 0 Å². The van der Waals surface area contributed by atoms with Crippen molar-refractivity contribution in [1.82, 2.24) is 0 Å². The van der Waals surface area contributed by atoms with E-state index in [0.29, 0.717) is 18.1 Å². The zero-order valence-electron chi connectivity index (χ0n) is 15.2. The lowest BCUT2D eigenvalue weighted by Gasteiger charge is -2.16. The zero-order valence-corrected chi connectivity index (χ0v) is 15.2. The number of ether oxygens (including phenoxy) is 3. The highest BCUT2D eigenvalue weighted by Gasteiger charge is 2.32. The molecule has 1 saturated carbocycles. The van der Waals surface area contributed by atoms with Crippen LogP contribution in [0.5, 0.6) is 5.75 Å². The third kappa shape index (κ3) is 4.33. The minimum atomic E-state index is -0.264. The number of carbonyl (C=O) groups excluding carboxylic acids is 1. The third-order valence-electron chi connectivity index (χ3n) is 4.31. The Morgan fingerprint density at radius 2 is 1.69 bits per heavy atom. The van der Waals surface area contributed by atoms with Crippen LogP contribution in [0.2, 0.25) is 0 Å². The van der Waals surface area contributed by atoms with Crippen molar-refractivity contribution in [2.24, 2.45) is 5.92 Å². The Balaban J connectivity index is 2.05. The molecule has 0 aromatic heterocycles. The summed E-state index contributed by atoms with van der Waals surface area (Å²) in [6.45, 7) is 2.40. The molecule has 0 saturated heterocycles. The smallest absolute Gasteiger partial charge is 0.339 e. The molecule has 0 heterocycles. The Kier molecular flexibility index (Phi) is 6.08. The van der Waals surface area contributed by atoms with E-state index in [9.17, 15) is 4.79 Å². The Bertz CT molecular complexity index is 758. The van der Waals surface area contributed by atoms with E-state index in [2.05, 4.69) is 0 Å². The van der Waals surface area contributed by atoms with Crippen LogP contribution in [0.4, 0.5) is 0 Å². The fourth-order valence-electron chi connectivity index (χ4n) is 3.01. The first-order valence-electron chi connectivity index (χ1n) is 8.93. The van der Waals surface area contributed by atoms with Crippen molar-refractivity contribution in [3.63, 3.8) is 0 Å². The highest BCUT2D eigenvalue weighted by Crippen LogP contribution is 2.46. The summed E-state index contributed by atoms with van der Waals surface area (Å²) in [4.78, 5) is 12.8. The summed E-state index contributed by atoms with van der Waals surface area (Å²) in [7, 11) is 1.59. The lowest BCUT2D eigenvalue weighted by Crippen LogP contribution is -2.10. The molecule has 26 heavy (non-hydrogen) atoms. The van der Waals surface area contributed by atoms with Gasteiger partial charge in [0.1, 0.15) is 5.75 Å². The van der Waals surface area contributed by atoms with Gasteiger partial charge in [-0.2, -0.15) is 0 Å². The molecular formula is C22H24O4. The Morgan fingerprint density at radius 1 is 1.00 bits per heavy atom. The van der Waals surface area contributed by atoms with Crippen LogP contribution < -0.4 is 4.74 Å². The minimum Gasteiger partial charge on any atom is -0.468 e. The molecule has 0 radical (unpaired) electrons. The van der Waals surface area contributed by atoms with Crippen LogP contribution in [0.15, 0.2) is 54.6 Å². The van der Waals surface area contributed by atoms with Gasteiger partial charge in [0, 0.05) is 7.11 Å². The van der Waals surface area contributed by atoms with Crippen molar-refractivity contribution in [2.75, 3.05) is 20.5 Å². The monoisotopic (exact) mass is 352 g/mol. The van der Waals surface area contributed by atoms with Gasteiger partial charge in [-0.3, -0.25) is 0 Å². The quantitative estimate of drug-likeness (QED) is 0.302. The molecule has 4 nitrogen and oxygen atoms in total. The molecule has 1 aliphatic rings. The van der Waals surface area contributed by atoms with Crippen LogP contribution >= 0.6 is 0 Å². The fourth-order valence-corrected chi connectivity index (χ4v) is 3.01. The number of benzene rings is 2. The summed E-state index contributed by atoms with van der Waals surface area (Å²) in [5.74, 6) is 0.865. The van der Waals surface area contributed by atoms with Gasteiger partial charge in [-0.05, 0) is 54.5 Å². The minimum absolute atomic E-state index is 0.211. The van der Waals surface area contributed by atoms with E-state index in [4.69, 9.17) is 14.2 Å². The average molecular weight is 352 g/mol. The number of hydrogen-bond acceptors (Lipinski definition) is 4. The van der Waals surface area contributed by atoms with Crippen molar-refractivity contribution in [3.8, 4) is 5.75 Å². The standard InChI is InChI=1S/C22H24O4/c1-3-25-22(23)21(16-7-5-4-6-8-16)20(17-9-10-17)18-11-13-19(14-12-18)26-15-24-2/h4-8,11-14,17H,3,9-10,15H2,1-2H3. The molecule has 3 rings (SSSR count). The Morgan fingerprint density at radius 3 is 2.27 bits per heavy atom. The largest absolute Gasteiger partial charge is 0.468 e. The van der Waals surface area contributed by atoms with Crippen LogP contribution in [-0.4, -0.2) is 26.5 Å². The Hall–Kier alpha value is -2.59. The maximum atomic E-state index is 12.8. The van der Waals surface area contributed by atoms with Gasteiger partial charge < -0.3 is 14.2 Å². The first-order valence-corrected chi connectivity index (χ1v) is 8.93. The molecule has 1 fully saturated rings. The predicted octanol–water partition coefficient (Wildman–Crippen LogP) is 4.55. The first-order chi connectivity index (χ1) is 12.7. The number of esters is 1. The SMILES string of the molecule is CCOC(=O)C(=C(c1ccc(OCOC)cc1)C1CC1)c1ccccc1. The zero-order chi connectivity index (χ0) is 18.4. The second-order valence-corrected chi connectivity index (χ2v) is 6.22. The van der Waals surface area contributed by atoms with Crippen molar-refractivity contribution < 1.29 is 19.0 Å². The normalized spacial score (nSPS) is 14.5. The number of rotatable bonds is 8. The molecule has 136 valence electrons. The maximum absolute atomic E-state index is 12.8. The summed E-state index contributed by atoms with van der Waals surface area (Å²) >= 11 is 0. The lowest BCUT2D eigenvalue weighted by molar-refractivity contribution is -0.136. The second kappa shape index (κ2) is 8.68. The molecular weight excluding hydrogens is 328 g/mol. The highest BCUT2D eigenvalue weighted by molar-refractivity contribution is 6.25. The molecule has 0 amide bonds. The molecule has 1 aliphatic carbocycles. The van der Waals surface area contributed by atoms with Gasteiger partial charge >= 0.3 is 5.97 Å². The van der Waals surface area contributed by atoms with Gasteiger partial charge in [-0.25, -0.2) is 4.79 Å². The Labute approximate surface area is 154 Å². The summed E-state index contributed by atoms with van der Waals surface area (Å²) in [6, 6.07) is 17.6. The second-order valence-electron chi connectivity index (χ2n) is 6.22. The summed E-state index contributed by atoms with van der Waals surface area (Å²) in [5.41, 5.74) is 3.66. The van der Waals surface area contributed by atoms with E-state index in [1.54, 1.807) is 7.11 Å². The van der Waals surface area contributed by atoms with Crippen LogP contribution in [-0.2, 0) is 14.3 Å². The topological polar surface area (TPSA) is 44.8 Å². The van der Waals surface area contributed by atoms with E-state index in [-0.39, 0.29) is 12.8 Å². The molecule has 0 N–H and O–H groups in total. The van der Waals surface area contributed by atoms with E-state index >= 15 is 0 Å². The summed E-state index contributed by atoms with van der Waals surface area (Å²) < 4.78 is 15.8. The number of methoxy groups -OCH3 is 1. The van der Waals surface area contributed by atoms with Crippen LogP contribution in [0.1, 0.15) is 30.9 Å². The van der Waals surface area contributed by atoms with Gasteiger partial charge in [0.25, 0.3) is 0 Å². The molecule has 2 aromatic rings. The van der Waals surface area contributed by atoms with Crippen molar-refractivity contribution in [3.05, 3.63) is 65.7 Å². The molecule has 4 heteroatoms. The van der Waals surface area contributed by atoms with Crippen molar-refractivity contribution in [1.29, 1.82) is 0 Å². The van der Waals surface area contributed by atoms with Crippen molar-refractivity contribution in [2.45, 2.75) is 19.8 Å². The first kappa shape index (κ1) is 18.2. The lowest BCUT2D eigenvalue weighted by atomic mass is 9.91. The number of carbonyl (C=O) groups is 1. The fraction of sp³-hybridized carbons (Fsp3) is 0.318. The summed E-state index contributed by atoms with van der Waals surface area (Å²) in [6.07, 6.45) is 2.18. The van der Waals surface area contributed by atoms with E-state index in [1.807, 2.05) is 61.5 Å². The molecule has 0 unspecified atom stereocenters. The highest BCUT2D eigenvalue weighted by atomic mass is 16.7. The molecule has 0 bridgehead atoms. The molecule has 2 aromatic carbocycles. The molecule has 0 spiro atoms. The third-order valence-corrected chi connectivity index (χ3v) is 4.31. The van der Waals surface area contributed by atoms with Crippen LogP contribution in [0.25, 0.3) is 11.1 Å². The van der Waals surface area contributed by atoms with Gasteiger partial charge in [-0.15, -0.1) is 0 Å². The molecule has 0 aliphatic heterocycles. The van der Waals surface area contributed by atoms with Gasteiger partial charge in [0.05, 0.1) is 12.2 Å². The number of allylic oxidation sites excluding steroid dienone is 1.